The van der Waals surface area contributed by atoms with Crippen LogP contribution in [0.3, 0.4) is 0 Å². The Balaban J connectivity index is 2.42. The van der Waals surface area contributed by atoms with E-state index in [0.29, 0.717) is 23.9 Å². The first-order valence-electron chi connectivity index (χ1n) is 7.97. The van der Waals surface area contributed by atoms with E-state index in [4.69, 9.17) is 0 Å². The summed E-state index contributed by atoms with van der Waals surface area (Å²) in [5.41, 5.74) is 3.06. The summed E-state index contributed by atoms with van der Waals surface area (Å²) in [6.07, 6.45) is 1.79. The van der Waals surface area contributed by atoms with Crippen LogP contribution in [-0.4, -0.2) is 30.8 Å². The number of aromatic nitrogens is 1. The summed E-state index contributed by atoms with van der Waals surface area (Å²) in [5, 5.41) is 0. The molecule has 0 aliphatic heterocycles. The SMILES string of the molecule is CCN(CC)S(=O)(=O)c1ccc(-c2cccnc2C(C)C)cc1. The zero-order valence-corrected chi connectivity index (χ0v) is 15.0. The minimum Gasteiger partial charge on any atom is -0.260 e. The van der Waals surface area contributed by atoms with Gasteiger partial charge in [-0.25, -0.2) is 8.42 Å². The molecule has 23 heavy (non-hydrogen) atoms. The van der Waals surface area contributed by atoms with Crippen LogP contribution >= 0.6 is 0 Å². The van der Waals surface area contributed by atoms with Gasteiger partial charge in [0.1, 0.15) is 0 Å². The highest BCUT2D eigenvalue weighted by Gasteiger charge is 2.21. The third-order valence-corrected chi connectivity index (χ3v) is 5.96. The summed E-state index contributed by atoms with van der Waals surface area (Å²) in [6, 6.07) is 11.0. The van der Waals surface area contributed by atoms with Crippen molar-refractivity contribution in [3.63, 3.8) is 0 Å². The Kier molecular flexibility index (Phi) is 5.55. The first-order valence-corrected chi connectivity index (χ1v) is 9.41. The number of pyridine rings is 1. The molecule has 1 heterocycles. The zero-order chi connectivity index (χ0) is 17.0. The Bertz CT molecular complexity index is 749. The van der Waals surface area contributed by atoms with Crippen molar-refractivity contribution in [2.24, 2.45) is 0 Å². The van der Waals surface area contributed by atoms with E-state index >= 15 is 0 Å². The second-order valence-electron chi connectivity index (χ2n) is 5.70. The van der Waals surface area contributed by atoms with Crippen LogP contribution in [0.1, 0.15) is 39.3 Å². The molecule has 0 amide bonds. The van der Waals surface area contributed by atoms with Gasteiger partial charge in [0, 0.05) is 24.8 Å². The average Bonchev–Trinajstić information content (AvgIpc) is 2.56. The molecule has 1 aromatic heterocycles. The molecule has 0 aliphatic carbocycles. The fourth-order valence-electron chi connectivity index (χ4n) is 2.64. The first-order chi connectivity index (χ1) is 10.9. The summed E-state index contributed by atoms with van der Waals surface area (Å²) in [5.74, 6) is 0.310. The van der Waals surface area contributed by atoms with Crippen molar-refractivity contribution < 1.29 is 8.42 Å². The molecule has 4 nitrogen and oxygen atoms in total. The molecule has 1 aromatic carbocycles. The average molecular weight is 332 g/mol. The summed E-state index contributed by atoms with van der Waals surface area (Å²) in [7, 11) is -3.41. The quantitative estimate of drug-likeness (QED) is 0.806. The van der Waals surface area contributed by atoms with E-state index < -0.39 is 10.0 Å². The van der Waals surface area contributed by atoms with Gasteiger partial charge >= 0.3 is 0 Å². The van der Waals surface area contributed by atoms with E-state index in [2.05, 4.69) is 18.8 Å². The maximum absolute atomic E-state index is 12.5. The van der Waals surface area contributed by atoms with Gasteiger partial charge in [0.25, 0.3) is 0 Å². The van der Waals surface area contributed by atoms with Crippen molar-refractivity contribution >= 4 is 10.0 Å². The van der Waals surface area contributed by atoms with E-state index in [1.807, 2.05) is 38.1 Å². The minimum atomic E-state index is -3.41. The molecule has 0 unspecified atom stereocenters. The highest BCUT2D eigenvalue weighted by molar-refractivity contribution is 7.89. The number of rotatable bonds is 6. The maximum Gasteiger partial charge on any atom is 0.243 e. The van der Waals surface area contributed by atoms with E-state index in [1.54, 1.807) is 18.3 Å². The van der Waals surface area contributed by atoms with Crippen LogP contribution in [-0.2, 0) is 10.0 Å². The first kappa shape index (κ1) is 17.6. The van der Waals surface area contributed by atoms with Gasteiger partial charge in [-0.3, -0.25) is 4.98 Å². The Morgan fingerprint density at radius 3 is 2.17 bits per heavy atom. The second kappa shape index (κ2) is 7.23. The third-order valence-electron chi connectivity index (χ3n) is 3.89. The van der Waals surface area contributed by atoms with Crippen LogP contribution in [0.2, 0.25) is 0 Å². The molecule has 124 valence electrons. The van der Waals surface area contributed by atoms with Crippen LogP contribution in [0, 0.1) is 0 Å². The van der Waals surface area contributed by atoms with Crippen LogP contribution in [0.15, 0.2) is 47.5 Å². The van der Waals surface area contributed by atoms with Crippen LogP contribution in [0.5, 0.6) is 0 Å². The van der Waals surface area contributed by atoms with Gasteiger partial charge in [-0.1, -0.05) is 45.9 Å². The van der Waals surface area contributed by atoms with Crippen molar-refractivity contribution in [3.05, 3.63) is 48.3 Å². The minimum absolute atomic E-state index is 0.310. The van der Waals surface area contributed by atoms with Crippen molar-refractivity contribution in [3.8, 4) is 11.1 Å². The fraction of sp³-hybridized carbons (Fsp3) is 0.389. The molecular formula is C18H24N2O2S. The van der Waals surface area contributed by atoms with Gasteiger partial charge in [-0.15, -0.1) is 0 Å². The van der Waals surface area contributed by atoms with Crippen LogP contribution in [0.25, 0.3) is 11.1 Å². The Hall–Kier alpha value is -1.72. The fourth-order valence-corrected chi connectivity index (χ4v) is 4.10. The summed E-state index contributed by atoms with van der Waals surface area (Å²) in [4.78, 5) is 4.79. The normalized spacial score (nSPS) is 12.1. The molecule has 2 rings (SSSR count). The second-order valence-corrected chi connectivity index (χ2v) is 7.64. The summed E-state index contributed by atoms with van der Waals surface area (Å²) < 4.78 is 26.5. The van der Waals surface area contributed by atoms with Crippen molar-refractivity contribution in [2.75, 3.05) is 13.1 Å². The molecule has 0 aliphatic rings. The van der Waals surface area contributed by atoms with E-state index in [0.717, 1.165) is 16.8 Å². The number of hydrogen-bond acceptors (Lipinski definition) is 3. The molecule has 5 heteroatoms. The molecule has 0 N–H and O–H groups in total. The topological polar surface area (TPSA) is 50.3 Å². The van der Waals surface area contributed by atoms with E-state index in [-0.39, 0.29) is 0 Å². The Morgan fingerprint density at radius 1 is 1.04 bits per heavy atom. The molecule has 0 saturated carbocycles. The molecule has 0 bridgehead atoms. The number of benzene rings is 1. The molecular weight excluding hydrogens is 308 g/mol. The van der Waals surface area contributed by atoms with E-state index in [1.165, 1.54) is 4.31 Å². The van der Waals surface area contributed by atoms with Gasteiger partial charge in [0.15, 0.2) is 0 Å². The molecule has 0 spiro atoms. The predicted molar refractivity (Wildman–Crippen MR) is 93.9 cm³/mol. The maximum atomic E-state index is 12.5. The summed E-state index contributed by atoms with van der Waals surface area (Å²) in [6.45, 7) is 8.84. The summed E-state index contributed by atoms with van der Waals surface area (Å²) >= 11 is 0. The number of nitrogens with zero attached hydrogens (tertiary/aromatic N) is 2. The third kappa shape index (κ3) is 3.62. The molecule has 2 aromatic rings. The lowest BCUT2D eigenvalue weighted by Gasteiger charge is -2.18. The van der Waals surface area contributed by atoms with Gasteiger partial charge in [0.05, 0.1) is 10.6 Å². The molecule has 0 fully saturated rings. The number of hydrogen-bond donors (Lipinski definition) is 0. The lowest BCUT2D eigenvalue weighted by molar-refractivity contribution is 0.445. The van der Waals surface area contributed by atoms with Crippen molar-refractivity contribution in [1.82, 2.24) is 9.29 Å². The monoisotopic (exact) mass is 332 g/mol. The largest absolute Gasteiger partial charge is 0.260 e. The Labute approximate surface area is 139 Å². The van der Waals surface area contributed by atoms with Crippen LogP contribution in [0.4, 0.5) is 0 Å². The highest BCUT2D eigenvalue weighted by atomic mass is 32.2. The number of sulfonamides is 1. The lowest BCUT2D eigenvalue weighted by Crippen LogP contribution is -2.30. The van der Waals surface area contributed by atoms with Gasteiger partial charge in [0.2, 0.25) is 10.0 Å². The Morgan fingerprint density at radius 2 is 1.65 bits per heavy atom. The molecule has 0 atom stereocenters. The lowest BCUT2D eigenvalue weighted by atomic mass is 9.98. The zero-order valence-electron chi connectivity index (χ0n) is 14.2. The van der Waals surface area contributed by atoms with Gasteiger partial charge in [-0.05, 0) is 29.7 Å². The van der Waals surface area contributed by atoms with E-state index in [9.17, 15) is 8.42 Å². The van der Waals surface area contributed by atoms with Crippen LogP contribution < -0.4 is 0 Å². The molecule has 0 radical (unpaired) electrons. The van der Waals surface area contributed by atoms with Crippen molar-refractivity contribution in [1.29, 1.82) is 0 Å². The van der Waals surface area contributed by atoms with Gasteiger partial charge < -0.3 is 0 Å². The molecule has 0 saturated heterocycles. The van der Waals surface area contributed by atoms with Gasteiger partial charge in [-0.2, -0.15) is 4.31 Å². The standard InChI is InChI=1S/C18H24N2O2S/c1-5-20(6-2)23(21,22)16-11-9-15(10-12-16)17-8-7-13-19-18(17)14(3)4/h7-14H,5-6H2,1-4H3. The highest BCUT2D eigenvalue weighted by Crippen LogP contribution is 2.28. The smallest absolute Gasteiger partial charge is 0.243 e. The van der Waals surface area contributed by atoms with Crippen molar-refractivity contribution in [2.45, 2.75) is 38.5 Å². The predicted octanol–water partition coefficient (Wildman–Crippen LogP) is 3.90.